The highest BCUT2D eigenvalue weighted by atomic mass is 16.5. The van der Waals surface area contributed by atoms with Crippen molar-refractivity contribution < 1.29 is 14.6 Å². The largest absolute Gasteiger partial charge is 0.467 e. The van der Waals surface area contributed by atoms with Gasteiger partial charge in [-0.2, -0.15) is 0 Å². The van der Waals surface area contributed by atoms with Crippen molar-refractivity contribution in [2.45, 2.75) is 45.3 Å². The molecule has 0 bridgehead atoms. The zero-order valence-electron chi connectivity index (χ0n) is 10.7. The van der Waals surface area contributed by atoms with Crippen LogP contribution in [-0.2, 0) is 9.53 Å². The number of rotatable bonds is 4. The third kappa shape index (κ3) is 2.95. The van der Waals surface area contributed by atoms with Crippen molar-refractivity contribution in [3.05, 3.63) is 0 Å². The molecule has 1 heterocycles. The summed E-state index contributed by atoms with van der Waals surface area (Å²) < 4.78 is 4.59. The number of esters is 1. The Labute approximate surface area is 97.6 Å². The van der Waals surface area contributed by atoms with Crippen LogP contribution in [0.1, 0.15) is 33.1 Å². The van der Waals surface area contributed by atoms with E-state index in [0.717, 1.165) is 19.4 Å². The molecule has 2 unspecified atom stereocenters. The lowest BCUT2D eigenvalue weighted by Gasteiger charge is -2.33. The number of nitrogens with zero attached hydrogens (tertiary/aromatic N) is 1. The Morgan fingerprint density at radius 1 is 1.62 bits per heavy atom. The van der Waals surface area contributed by atoms with Crippen molar-refractivity contribution in [1.29, 1.82) is 0 Å². The summed E-state index contributed by atoms with van der Waals surface area (Å²) in [6.07, 6.45) is 2.13. The van der Waals surface area contributed by atoms with Crippen LogP contribution < -0.4 is 0 Å². The number of aliphatic hydroxyl groups excluding tert-OH is 1. The molecule has 0 saturated carbocycles. The molecule has 2 atom stereocenters. The van der Waals surface area contributed by atoms with Crippen molar-refractivity contribution >= 4 is 5.97 Å². The van der Waals surface area contributed by atoms with Crippen molar-refractivity contribution in [3.63, 3.8) is 0 Å². The molecule has 0 aromatic heterocycles. The topological polar surface area (TPSA) is 49.8 Å². The maximum Gasteiger partial charge on any atom is 0.335 e. The van der Waals surface area contributed by atoms with E-state index in [-0.39, 0.29) is 0 Å². The van der Waals surface area contributed by atoms with Crippen LogP contribution in [0.3, 0.4) is 0 Å². The van der Waals surface area contributed by atoms with Gasteiger partial charge in [0, 0.05) is 11.5 Å². The minimum atomic E-state index is -1.04. The maximum absolute atomic E-state index is 11.3. The van der Waals surface area contributed by atoms with Gasteiger partial charge >= 0.3 is 5.97 Å². The first-order valence-electron chi connectivity index (χ1n) is 5.84. The fourth-order valence-corrected chi connectivity index (χ4v) is 2.39. The van der Waals surface area contributed by atoms with Crippen LogP contribution in [0.4, 0.5) is 0 Å². The average Bonchev–Trinajstić information content (AvgIpc) is 2.61. The highest BCUT2D eigenvalue weighted by Crippen LogP contribution is 2.32. The maximum atomic E-state index is 11.3. The van der Waals surface area contributed by atoms with E-state index in [9.17, 15) is 9.90 Å². The SMILES string of the molecule is COC(=O)C(O)C(C)(C)CC1CCCN1C. The number of hydrogen-bond acceptors (Lipinski definition) is 4. The predicted octanol–water partition coefficient (Wildman–Crippen LogP) is 1.03. The van der Waals surface area contributed by atoms with Crippen molar-refractivity contribution in [3.8, 4) is 0 Å². The molecule has 0 amide bonds. The third-order valence-electron chi connectivity index (χ3n) is 3.60. The number of likely N-dealkylation sites (tertiary alicyclic amines) is 1. The molecule has 1 aliphatic rings. The Kier molecular flexibility index (Phi) is 4.33. The normalized spacial score (nSPS) is 24.4. The summed E-state index contributed by atoms with van der Waals surface area (Å²) >= 11 is 0. The molecular weight excluding hydrogens is 206 g/mol. The van der Waals surface area contributed by atoms with E-state index < -0.39 is 17.5 Å². The van der Waals surface area contributed by atoms with Gasteiger partial charge in [0.2, 0.25) is 0 Å². The zero-order valence-corrected chi connectivity index (χ0v) is 10.7. The summed E-state index contributed by atoms with van der Waals surface area (Å²) in [5.74, 6) is -0.536. The quantitative estimate of drug-likeness (QED) is 0.732. The molecule has 1 aliphatic heterocycles. The van der Waals surface area contributed by atoms with Crippen LogP contribution in [0.2, 0.25) is 0 Å². The van der Waals surface area contributed by atoms with E-state index in [0.29, 0.717) is 6.04 Å². The van der Waals surface area contributed by atoms with Crippen molar-refractivity contribution in [2.24, 2.45) is 5.41 Å². The number of methoxy groups -OCH3 is 1. The van der Waals surface area contributed by atoms with Crippen molar-refractivity contribution in [1.82, 2.24) is 4.90 Å². The van der Waals surface area contributed by atoms with Crippen LogP contribution in [0.5, 0.6) is 0 Å². The molecule has 0 aliphatic carbocycles. The molecule has 1 saturated heterocycles. The summed E-state index contributed by atoms with van der Waals surface area (Å²) in [5.41, 5.74) is -0.434. The minimum Gasteiger partial charge on any atom is -0.467 e. The van der Waals surface area contributed by atoms with Gasteiger partial charge in [-0.15, -0.1) is 0 Å². The van der Waals surface area contributed by atoms with Crippen LogP contribution in [0, 0.1) is 5.41 Å². The van der Waals surface area contributed by atoms with Gasteiger partial charge in [0.1, 0.15) is 0 Å². The molecule has 0 aromatic rings. The first-order valence-corrected chi connectivity index (χ1v) is 5.84. The van der Waals surface area contributed by atoms with E-state index in [1.54, 1.807) is 0 Å². The number of hydrogen-bond donors (Lipinski definition) is 1. The van der Waals surface area contributed by atoms with Crippen LogP contribution >= 0.6 is 0 Å². The second kappa shape index (κ2) is 5.15. The lowest BCUT2D eigenvalue weighted by atomic mass is 9.80. The van der Waals surface area contributed by atoms with Gasteiger partial charge < -0.3 is 14.7 Å². The van der Waals surface area contributed by atoms with Gasteiger partial charge in [-0.25, -0.2) is 4.79 Å². The smallest absolute Gasteiger partial charge is 0.335 e. The summed E-state index contributed by atoms with van der Waals surface area (Å²) in [7, 11) is 3.40. The van der Waals surface area contributed by atoms with Crippen LogP contribution in [0.25, 0.3) is 0 Å². The number of carbonyl (C=O) groups is 1. The standard InChI is InChI=1S/C12H23NO3/c1-12(2,10(14)11(15)16-4)8-9-6-5-7-13(9)3/h9-10,14H,5-8H2,1-4H3. The second-order valence-electron chi connectivity index (χ2n) is 5.40. The molecule has 0 radical (unpaired) electrons. The molecule has 1 fully saturated rings. The molecule has 1 rings (SSSR count). The van der Waals surface area contributed by atoms with Gasteiger partial charge in [-0.3, -0.25) is 0 Å². The third-order valence-corrected chi connectivity index (χ3v) is 3.60. The first-order chi connectivity index (χ1) is 7.38. The summed E-state index contributed by atoms with van der Waals surface area (Å²) in [5, 5.41) is 9.90. The van der Waals surface area contributed by atoms with Crippen LogP contribution in [0.15, 0.2) is 0 Å². The highest BCUT2D eigenvalue weighted by Gasteiger charge is 2.38. The van der Waals surface area contributed by atoms with Gasteiger partial charge in [0.05, 0.1) is 7.11 Å². The Balaban J connectivity index is 2.59. The number of ether oxygens (including phenoxy) is 1. The number of carbonyl (C=O) groups excluding carboxylic acids is 1. The molecule has 1 N–H and O–H groups in total. The van der Waals surface area contributed by atoms with Gasteiger partial charge in [0.25, 0.3) is 0 Å². The summed E-state index contributed by atoms with van der Waals surface area (Å²) in [6, 6.07) is 0.467. The number of aliphatic hydroxyl groups is 1. The summed E-state index contributed by atoms with van der Waals surface area (Å²) in [6.45, 7) is 4.94. The molecule has 4 nitrogen and oxygen atoms in total. The molecule has 4 heteroatoms. The molecule has 0 aromatic carbocycles. The Morgan fingerprint density at radius 3 is 2.69 bits per heavy atom. The first kappa shape index (κ1) is 13.5. The van der Waals surface area contributed by atoms with Crippen molar-refractivity contribution in [2.75, 3.05) is 20.7 Å². The van der Waals surface area contributed by atoms with E-state index in [1.807, 2.05) is 13.8 Å². The predicted molar refractivity (Wildman–Crippen MR) is 62.1 cm³/mol. The second-order valence-corrected chi connectivity index (χ2v) is 5.40. The molecular formula is C12H23NO3. The summed E-state index contributed by atoms with van der Waals surface area (Å²) in [4.78, 5) is 13.6. The fourth-order valence-electron chi connectivity index (χ4n) is 2.39. The molecule has 16 heavy (non-hydrogen) atoms. The Hall–Kier alpha value is -0.610. The fraction of sp³-hybridized carbons (Fsp3) is 0.917. The average molecular weight is 229 g/mol. The van der Waals surface area contributed by atoms with E-state index in [4.69, 9.17) is 0 Å². The van der Waals surface area contributed by atoms with Gasteiger partial charge in [-0.05, 0) is 32.9 Å². The highest BCUT2D eigenvalue weighted by molar-refractivity contribution is 5.75. The lowest BCUT2D eigenvalue weighted by molar-refractivity contribution is -0.157. The molecule has 94 valence electrons. The van der Waals surface area contributed by atoms with E-state index in [1.165, 1.54) is 13.5 Å². The van der Waals surface area contributed by atoms with Crippen LogP contribution in [-0.4, -0.2) is 48.8 Å². The van der Waals surface area contributed by atoms with Gasteiger partial charge in [-0.1, -0.05) is 13.8 Å². The minimum absolute atomic E-state index is 0.434. The monoisotopic (exact) mass is 229 g/mol. The molecule has 0 spiro atoms. The Bertz CT molecular complexity index is 253. The lowest BCUT2D eigenvalue weighted by Crippen LogP contribution is -2.41. The van der Waals surface area contributed by atoms with E-state index in [2.05, 4.69) is 16.7 Å². The van der Waals surface area contributed by atoms with Gasteiger partial charge in [0.15, 0.2) is 6.10 Å². The zero-order chi connectivity index (χ0) is 12.3. The Morgan fingerprint density at radius 2 is 2.25 bits per heavy atom. The van der Waals surface area contributed by atoms with E-state index >= 15 is 0 Å².